The van der Waals surface area contributed by atoms with Crippen LogP contribution in [-0.4, -0.2) is 52.2 Å². The van der Waals surface area contributed by atoms with E-state index in [0.29, 0.717) is 25.1 Å². The number of hydrogen-bond donors (Lipinski definition) is 0. The van der Waals surface area contributed by atoms with Gasteiger partial charge in [-0.2, -0.15) is 0 Å². The van der Waals surface area contributed by atoms with Crippen LogP contribution in [0.3, 0.4) is 0 Å². The fourth-order valence-electron chi connectivity index (χ4n) is 3.35. The zero-order chi connectivity index (χ0) is 18.0. The van der Waals surface area contributed by atoms with Gasteiger partial charge in [-0.05, 0) is 25.0 Å². The molecule has 3 rings (SSSR count). The summed E-state index contributed by atoms with van der Waals surface area (Å²) >= 11 is 0. The molecule has 6 nitrogen and oxygen atoms in total. The number of likely N-dealkylation sites (tertiary alicyclic amines) is 1. The first-order chi connectivity index (χ1) is 12.0. The summed E-state index contributed by atoms with van der Waals surface area (Å²) in [5.74, 6) is -1.39. The summed E-state index contributed by atoms with van der Waals surface area (Å²) in [5.41, 5.74) is -0.919. The fourth-order valence-corrected chi connectivity index (χ4v) is 3.35. The number of benzene rings is 1. The minimum absolute atomic E-state index is 0.0516. The molecule has 0 bridgehead atoms. The van der Waals surface area contributed by atoms with E-state index in [2.05, 4.69) is 9.97 Å². The summed E-state index contributed by atoms with van der Waals surface area (Å²) < 4.78 is 14.1. The van der Waals surface area contributed by atoms with Crippen LogP contribution in [0.15, 0.2) is 42.9 Å². The molecule has 1 aromatic heterocycles. The summed E-state index contributed by atoms with van der Waals surface area (Å²) in [7, 11) is 3.26. The van der Waals surface area contributed by atoms with Gasteiger partial charge in [0.25, 0.3) is 11.8 Å². The first-order valence-electron chi connectivity index (χ1n) is 8.03. The quantitative estimate of drug-likeness (QED) is 0.854. The number of nitrogens with zero attached hydrogens (tertiary/aromatic N) is 4. The van der Waals surface area contributed by atoms with Gasteiger partial charge < -0.3 is 9.80 Å². The third-order valence-corrected chi connectivity index (χ3v) is 4.48. The molecule has 2 amide bonds. The third kappa shape index (κ3) is 2.75. The Labute approximate surface area is 145 Å². The Hall–Kier alpha value is -2.83. The molecule has 2 aromatic rings. The lowest BCUT2D eigenvalue weighted by molar-refractivity contribution is -0.140. The normalized spacial score (nSPS) is 19.7. The van der Waals surface area contributed by atoms with Crippen molar-refractivity contribution in [2.75, 3.05) is 20.6 Å². The first kappa shape index (κ1) is 17.0. The number of carbonyl (C=O) groups excluding carboxylic acids is 2. The van der Waals surface area contributed by atoms with Gasteiger partial charge in [0.2, 0.25) is 0 Å². The number of carbonyl (C=O) groups is 2. The monoisotopic (exact) mass is 342 g/mol. The van der Waals surface area contributed by atoms with Crippen molar-refractivity contribution in [2.45, 2.75) is 18.4 Å². The van der Waals surface area contributed by atoms with Crippen LogP contribution in [0.25, 0.3) is 0 Å². The molecule has 1 unspecified atom stereocenters. The van der Waals surface area contributed by atoms with Crippen molar-refractivity contribution >= 4 is 11.8 Å². The highest BCUT2D eigenvalue weighted by Crippen LogP contribution is 2.40. The molecule has 7 heteroatoms. The summed E-state index contributed by atoms with van der Waals surface area (Å²) in [6.45, 7) is 0.351. The molecule has 0 aliphatic carbocycles. The number of halogens is 1. The van der Waals surface area contributed by atoms with Gasteiger partial charge in [0.15, 0.2) is 5.54 Å². The zero-order valence-corrected chi connectivity index (χ0v) is 14.1. The molecule has 130 valence electrons. The van der Waals surface area contributed by atoms with Crippen LogP contribution in [-0.2, 0) is 10.3 Å². The number of aromatic nitrogens is 2. The van der Waals surface area contributed by atoms with Crippen LogP contribution in [0.1, 0.15) is 28.9 Å². The molecule has 1 atom stereocenters. The van der Waals surface area contributed by atoms with Gasteiger partial charge >= 0.3 is 0 Å². The van der Waals surface area contributed by atoms with E-state index in [4.69, 9.17) is 0 Å². The highest BCUT2D eigenvalue weighted by molar-refractivity contribution is 6.00. The Kier molecular flexibility index (Phi) is 4.48. The first-order valence-corrected chi connectivity index (χ1v) is 8.03. The molecule has 25 heavy (non-hydrogen) atoms. The highest BCUT2D eigenvalue weighted by Gasteiger charge is 2.53. The smallest absolute Gasteiger partial charge is 0.258 e. The molecule has 0 spiro atoms. The average Bonchev–Trinajstić information content (AvgIpc) is 3.07. The minimum atomic E-state index is -1.27. The van der Waals surface area contributed by atoms with E-state index in [1.54, 1.807) is 20.2 Å². The van der Waals surface area contributed by atoms with Crippen molar-refractivity contribution in [1.29, 1.82) is 0 Å². The molecule has 1 aromatic carbocycles. The highest BCUT2D eigenvalue weighted by atomic mass is 19.1. The Balaban J connectivity index is 2.13. The van der Waals surface area contributed by atoms with Crippen LogP contribution in [0, 0.1) is 5.82 Å². The van der Waals surface area contributed by atoms with Crippen molar-refractivity contribution in [2.24, 2.45) is 0 Å². The zero-order valence-electron chi connectivity index (χ0n) is 14.1. The molecular formula is C18H19FN4O2. The maximum Gasteiger partial charge on any atom is 0.258 e. The lowest BCUT2D eigenvalue weighted by Crippen LogP contribution is -2.55. The van der Waals surface area contributed by atoms with Crippen LogP contribution in [0.2, 0.25) is 0 Å². The number of likely N-dealkylation sites (N-methyl/N-ethyl adjacent to an activating group) is 1. The van der Waals surface area contributed by atoms with Crippen molar-refractivity contribution in [3.05, 3.63) is 59.9 Å². The van der Waals surface area contributed by atoms with E-state index in [-0.39, 0.29) is 11.5 Å². The Morgan fingerprint density at radius 2 is 2.00 bits per heavy atom. The Morgan fingerprint density at radius 1 is 1.24 bits per heavy atom. The standard InChI is InChI=1S/C18H19FN4O2/c1-22(2)17(25)18(15-12-20-9-10-21-15)8-5-11-23(18)16(24)13-6-3-4-7-14(13)19/h3-4,6-7,9-10,12H,5,8,11H2,1-2H3. The van der Waals surface area contributed by atoms with Crippen LogP contribution < -0.4 is 0 Å². The van der Waals surface area contributed by atoms with E-state index in [1.165, 1.54) is 46.6 Å². The van der Waals surface area contributed by atoms with E-state index >= 15 is 0 Å². The van der Waals surface area contributed by atoms with Gasteiger partial charge in [0, 0.05) is 33.0 Å². The largest absolute Gasteiger partial charge is 0.346 e. The maximum absolute atomic E-state index is 14.1. The molecule has 0 radical (unpaired) electrons. The predicted octanol–water partition coefficient (Wildman–Crippen LogP) is 1.84. The van der Waals surface area contributed by atoms with E-state index in [1.807, 2.05) is 0 Å². The molecule has 1 saturated heterocycles. The summed E-state index contributed by atoms with van der Waals surface area (Å²) in [6, 6.07) is 5.79. The van der Waals surface area contributed by atoms with Gasteiger partial charge in [-0.1, -0.05) is 12.1 Å². The summed E-state index contributed by atoms with van der Waals surface area (Å²) in [6.07, 6.45) is 5.53. The van der Waals surface area contributed by atoms with Crippen molar-refractivity contribution in [3.8, 4) is 0 Å². The second-order valence-electron chi connectivity index (χ2n) is 6.19. The van der Waals surface area contributed by atoms with E-state index in [9.17, 15) is 14.0 Å². The molecular weight excluding hydrogens is 323 g/mol. The topological polar surface area (TPSA) is 66.4 Å². The average molecular weight is 342 g/mol. The maximum atomic E-state index is 14.1. The summed E-state index contributed by atoms with van der Waals surface area (Å²) in [4.78, 5) is 37.3. The van der Waals surface area contributed by atoms with Crippen molar-refractivity contribution < 1.29 is 14.0 Å². The SMILES string of the molecule is CN(C)C(=O)C1(c2cnccn2)CCCN1C(=O)c1ccccc1F. The molecule has 1 aliphatic rings. The molecule has 0 N–H and O–H groups in total. The number of hydrogen-bond acceptors (Lipinski definition) is 4. The van der Waals surface area contributed by atoms with Crippen LogP contribution in [0.5, 0.6) is 0 Å². The minimum Gasteiger partial charge on any atom is -0.346 e. The third-order valence-electron chi connectivity index (χ3n) is 4.48. The molecule has 1 aliphatic heterocycles. The lowest BCUT2D eigenvalue weighted by Gasteiger charge is -2.38. The fraction of sp³-hybridized carbons (Fsp3) is 0.333. The van der Waals surface area contributed by atoms with Gasteiger partial charge in [0.1, 0.15) is 5.82 Å². The number of amides is 2. The Morgan fingerprint density at radius 3 is 2.64 bits per heavy atom. The summed E-state index contributed by atoms with van der Waals surface area (Å²) in [5, 5.41) is 0. The molecule has 0 saturated carbocycles. The predicted molar refractivity (Wildman–Crippen MR) is 89.1 cm³/mol. The van der Waals surface area contributed by atoms with Gasteiger partial charge in [-0.3, -0.25) is 19.6 Å². The van der Waals surface area contributed by atoms with Crippen molar-refractivity contribution in [3.63, 3.8) is 0 Å². The van der Waals surface area contributed by atoms with Crippen LogP contribution in [0.4, 0.5) is 4.39 Å². The van der Waals surface area contributed by atoms with Gasteiger partial charge in [-0.15, -0.1) is 0 Å². The van der Waals surface area contributed by atoms with Gasteiger partial charge in [0.05, 0.1) is 17.5 Å². The van der Waals surface area contributed by atoms with Gasteiger partial charge in [-0.25, -0.2) is 4.39 Å². The second kappa shape index (κ2) is 6.58. The van der Waals surface area contributed by atoms with E-state index in [0.717, 1.165) is 0 Å². The Bertz CT molecular complexity index is 797. The van der Waals surface area contributed by atoms with Crippen molar-refractivity contribution in [1.82, 2.24) is 19.8 Å². The lowest BCUT2D eigenvalue weighted by atomic mass is 9.89. The van der Waals surface area contributed by atoms with E-state index < -0.39 is 17.3 Å². The molecule has 2 heterocycles. The second-order valence-corrected chi connectivity index (χ2v) is 6.19. The number of rotatable bonds is 3. The molecule has 1 fully saturated rings. The van der Waals surface area contributed by atoms with Crippen LogP contribution >= 0.6 is 0 Å².